The first-order valence-electron chi connectivity index (χ1n) is 10.6. The molecule has 2 aromatic rings. The molecule has 0 amide bonds. The Hall–Kier alpha value is -3.82. The Bertz CT molecular complexity index is 1050. The standard InChI is InChI=1S/C25H30O10/c1-28-15-9-13-11-25(23(26)34-7,24(27)35-8)12-14-10-16(29-2)20(31-4)22(33-6)18(14)17(13)21(32-5)19(15)30-3/h9-10H,11-12H2,1-8H3. The van der Waals surface area contributed by atoms with E-state index in [0.29, 0.717) is 56.8 Å². The lowest BCUT2D eigenvalue weighted by Crippen LogP contribution is -2.44. The predicted octanol–water partition coefficient (Wildman–Crippen LogP) is 2.84. The SMILES string of the molecule is COC(=O)C1(C(=O)OC)Cc2cc(OC)c(OC)c(OC)c2-c2c(cc(OC)c(OC)c2OC)C1. The fourth-order valence-electron chi connectivity index (χ4n) is 4.72. The number of ether oxygens (including phenoxy) is 8. The Morgan fingerprint density at radius 1 is 0.571 bits per heavy atom. The van der Waals surface area contributed by atoms with Crippen LogP contribution < -0.4 is 28.4 Å². The molecule has 0 saturated carbocycles. The van der Waals surface area contributed by atoms with Gasteiger partial charge in [0.15, 0.2) is 28.4 Å². The highest BCUT2D eigenvalue weighted by atomic mass is 16.6. The third-order valence-corrected chi connectivity index (χ3v) is 6.21. The Morgan fingerprint density at radius 3 is 1.17 bits per heavy atom. The molecule has 3 rings (SSSR count). The molecule has 0 radical (unpaired) electrons. The summed E-state index contributed by atoms with van der Waals surface area (Å²) in [6, 6.07) is 3.39. The van der Waals surface area contributed by atoms with E-state index in [-0.39, 0.29) is 12.8 Å². The predicted molar refractivity (Wildman–Crippen MR) is 125 cm³/mol. The maximum atomic E-state index is 13.2. The topological polar surface area (TPSA) is 108 Å². The van der Waals surface area contributed by atoms with Gasteiger partial charge in [0.05, 0.1) is 56.9 Å². The first kappa shape index (κ1) is 25.8. The lowest BCUT2D eigenvalue weighted by atomic mass is 9.77. The summed E-state index contributed by atoms with van der Waals surface area (Å²) < 4.78 is 44.1. The van der Waals surface area contributed by atoms with E-state index in [1.807, 2.05) is 0 Å². The maximum Gasteiger partial charge on any atom is 0.323 e. The largest absolute Gasteiger partial charge is 0.493 e. The molecule has 0 aliphatic heterocycles. The quantitative estimate of drug-likeness (QED) is 0.405. The number of fused-ring (bicyclic) bond motifs is 3. The van der Waals surface area contributed by atoms with E-state index in [9.17, 15) is 9.59 Å². The lowest BCUT2D eigenvalue weighted by molar-refractivity contribution is -0.169. The van der Waals surface area contributed by atoms with E-state index in [0.717, 1.165) is 0 Å². The van der Waals surface area contributed by atoms with E-state index >= 15 is 0 Å². The van der Waals surface area contributed by atoms with Gasteiger partial charge in [-0.05, 0) is 23.3 Å². The number of hydrogen-bond donors (Lipinski definition) is 0. The van der Waals surface area contributed by atoms with Gasteiger partial charge in [-0.1, -0.05) is 0 Å². The highest BCUT2D eigenvalue weighted by Crippen LogP contribution is 2.57. The zero-order valence-electron chi connectivity index (χ0n) is 21.2. The van der Waals surface area contributed by atoms with E-state index < -0.39 is 17.4 Å². The average Bonchev–Trinajstić information content (AvgIpc) is 3.04. The van der Waals surface area contributed by atoms with Crippen molar-refractivity contribution in [3.8, 4) is 45.6 Å². The minimum atomic E-state index is -1.71. The zero-order chi connectivity index (χ0) is 25.9. The van der Waals surface area contributed by atoms with Gasteiger partial charge in [0.25, 0.3) is 0 Å². The molecule has 0 heterocycles. The van der Waals surface area contributed by atoms with E-state index in [1.54, 1.807) is 12.1 Å². The summed E-state index contributed by atoms with van der Waals surface area (Å²) in [7, 11) is 11.4. The number of carbonyl (C=O) groups excluding carboxylic acids is 2. The molecular formula is C25H30O10. The summed E-state index contributed by atoms with van der Waals surface area (Å²) in [6.45, 7) is 0. The third kappa shape index (κ3) is 3.92. The van der Waals surface area contributed by atoms with Gasteiger partial charge in [-0.3, -0.25) is 9.59 Å². The first-order valence-corrected chi connectivity index (χ1v) is 10.6. The van der Waals surface area contributed by atoms with Gasteiger partial charge >= 0.3 is 11.9 Å². The van der Waals surface area contributed by atoms with Gasteiger partial charge in [0.2, 0.25) is 11.5 Å². The van der Waals surface area contributed by atoms with Gasteiger partial charge in [0.1, 0.15) is 0 Å². The zero-order valence-corrected chi connectivity index (χ0v) is 21.2. The number of esters is 2. The van der Waals surface area contributed by atoms with Gasteiger partial charge in [-0.25, -0.2) is 0 Å². The number of methoxy groups -OCH3 is 8. The van der Waals surface area contributed by atoms with Crippen LogP contribution in [0.1, 0.15) is 11.1 Å². The molecule has 0 bridgehead atoms. The molecule has 0 saturated heterocycles. The Labute approximate surface area is 203 Å². The lowest BCUT2D eigenvalue weighted by Gasteiger charge is -2.27. The minimum absolute atomic E-state index is 0.0686. The Morgan fingerprint density at radius 2 is 0.914 bits per heavy atom. The molecular weight excluding hydrogens is 460 g/mol. The van der Waals surface area contributed by atoms with Crippen LogP contribution in [0.2, 0.25) is 0 Å². The first-order chi connectivity index (χ1) is 16.8. The summed E-state index contributed by atoms with van der Waals surface area (Å²) in [5, 5.41) is 0. The summed E-state index contributed by atoms with van der Waals surface area (Å²) in [6.07, 6.45) is -0.137. The molecule has 190 valence electrons. The Kier molecular flexibility index (Phi) is 7.52. The van der Waals surface area contributed by atoms with Crippen LogP contribution in [-0.2, 0) is 31.9 Å². The van der Waals surface area contributed by atoms with Crippen LogP contribution in [0.15, 0.2) is 12.1 Å². The smallest absolute Gasteiger partial charge is 0.323 e. The van der Waals surface area contributed by atoms with Crippen molar-refractivity contribution in [2.45, 2.75) is 12.8 Å². The van der Waals surface area contributed by atoms with E-state index in [1.165, 1.54) is 56.9 Å². The highest BCUT2D eigenvalue weighted by Gasteiger charge is 2.52. The van der Waals surface area contributed by atoms with Crippen molar-refractivity contribution in [3.05, 3.63) is 23.3 Å². The molecule has 0 atom stereocenters. The molecule has 0 fully saturated rings. The van der Waals surface area contributed by atoms with Crippen molar-refractivity contribution >= 4 is 11.9 Å². The van der Waals surface area contributed by atoms with Crippen LogP contribution in [0, 0.1) is 5.41 Å². The number of rotatable bonds is 8. The molecule has 10 heteroatoms. The monoisotopic (exact) mass is 490 g/mol. The van der Waals surface area contributed by atoms with Gasteiger partial charge in [-0.15, -0.1) is 0 Å². The van der Waals surface area contributed by atoms with Gasteiger partial charge in [-0.2, -0.15) is 0 Å². The summed E-state index contributed by atoms with van der Waals surface area (Å²) in [5.41, 5.74) is 0.498. The third-order valence-electron chi connectivity index (χ3n) is 6.21. The number of hydrogen-bond acceptors (Lipinski definition) is 10. The van der Waals surface area contributed by atoms with E-state index in [2.05, 4.69) is 0 Å². The molecule has 0 spiro atoms. The minimum Gasteiger partial charge on any atom is -0.493 e. The maximum absolute atomic E-state index is 13.2. The summed E-state index contributed by atoms with van der Waals surface area (Å²) >= 11 is 0. The van der Waals surface area contributed by atoms with Gasteiger partial charge in [0, 0.05) is 24.0 Å². The highest BCUT2D eigenvalue weighted by molar-refractivity contribution is 6.02. The molecule has 10 nitrogen and oxygen atoms in total. The Balaban J connectivity index is 2.61. The molecule has 1 aliphatic carbocycles. The van der Waals surface area contributed by atoms with Crippen molar-refractivity contribution in [3.63, 3.8) is 0 Å². The van der Waals surface area contributed by atoms with Crippen molar-refractivity contribution < 1.29 is 47.5 Å². The molecule has 2 aromatic carbocycles. The molecule has 35 heavy (non-hydrogen) atoms. The van der Waals surface area contributed by atoms with Crippen molar-refractivity contribution in [2.75, 3.05) is 56.9 Å². The second kappa shape index (κ2) is 10.2. The van der Waals surface area contributed by atoms with Crippen molar-refractivity contribution in [1.29, 1.82) is 0 Å². The molecule has 0 unspecified atom stereocenters. The van der Waals surface area contributed by atoms with Crippen molar-refractivity contribution in [1.82, 2.24) is 0 Å². The fourth-order valence-corrected chi connectivity index (χ4v) is 4.72. The van der Waals surface area contributed by atoms with Crippen LogP contribution in [0.3, 0.4) is 0 Å². The average molecular weight is 491 g/mol. The molecule has 1 aliphatic rings. The summed E-state index contributed by atoms with van der Waals surface area (Å²) in [4.78, 5) is 26.5. The second-order valence-corrected chi connectivity index (χ2v) is 7.78. The summed E-state index contributed by atoms with van der Waals surface area (Å²) in [5.74, 6) is 0.555. The van der Waals surface area contributed by atoms with Crippen LogP contribution in [0.5, 0.6) is 34.5 Å². The van der Waals surface area contributed by atoms with E-state index in [4.69, 9.17) is 37.9 Å². The van der Waals surface area contributed by atoms with Crippen LogP contribution >= 0.6 is 0 Å². The fraction of sp³-hybridized carbons (Fsp3) is 0.440. The van der Waals surface area contributed by atoms with Crippen LogP contribution in [-0.4, -0.2) is 68.8 Å². The van der Waals surface area contributed by atoms with Crippen LogP contribution in [0.25, 0.3) is 11.1 Å². The molecule has 0 aromatic heterocycles. The van der Waals surface area contributed by atoms with Crippen molar-refractivity contribution in [2.24, 2.45) is 5.41 Å². The van der Waals surface area contributed by atoms with Gasteiger partial charge < -0.3 is 37.9 Å². The number of benzene rings is 2. The van der Waals surface area contributed by atoms with Crippen LogP contribution in [0.4, 0.5) is 0 Å². The normalized spacial score (nSPS) is 13.4. The molecule has 0 N–H and O–H groups in total. The second-order valence-electron chi connectivity index (χ2n) is 7.78. The number of carbonyl (C=O) groups is 2.